The number of carbonyl (C=O) groups excluding carboxylic acids is 4. The van der Waals surface area contributed by atoms with Crippen molar-refractivity contribution in [3.05, 3.63) is 103 Å². The number of hydrogen-bond acceptors (Lipinski definition) is 12. The number of nitrogens with zero attached hydrogens (tertiary/aromatic N) is 3. The summed E-state index contributed by atoms with van der Waals surface area (Å²) in [6.07, 6.45) is 0.576. The maximum Gasteiger partial charge on any atom is 0.413 e. The molecule has 1 aromatic heterocycles. The zero-order valence-corrected chi connectivity index (χ0v) is 35.3. The number of benzene rings is 3. The fourth-order valence-corrected chi connectivity index (χ4v) is 8.40. The number of hydrogen-bond donors (Lipinski definition) is 1. The summed E-state index contributed by atoms with van der Waals surface area (Å²) >= 11 is 6.04. The summed E-state index contributed by atoms with van der Waals surface area (Å²) < 4.78 is 42.9. The number of carboxylic acid groups (broad SMARTS) is 1. The molecule has 62 heavy (non-hydrogen) atoms. The van der Waals surface area contributed by atoms with Crippen molar-refractivity contribution in [3.8, 4) is 11.5 Å². The van der Waals surface area contributed by atoms with E-state index in [4.69, 9.17) is 35.3 Å². The van der Waals surface area contributed by atoms with Crippen LogP contribution in [0.15, 0.2) is 65.0 Å². The van der Waals surface area contributed by atoms with E-state index in [0.29, 0.717) is 27.4 Å². The number of piperazine rings is 1. The molecule has 2 unspecified atom stereocenters. The number of fused-ring (bicyclic) bond motifs is 2. The minimum Gasteiger partial charge on any atom is -0.497 e. The number of halogens is 2. The van der Waals surface area contributed by atoms with Crippen LogP contribution in [0.4, 0.5) is 15.0 Å². The van der Waals surface area contributed by atoms with E-state index in [-0.39, 0.29) is 74.3 Å². The van der Waals surface area contributed by atoms with Gasteiger partial charge in [0.05, 0.1) is 44.1 Å². The Morgan fingerprint density at radius 2 is 1.66 bits per heavy atom. The number of anilines is 1. The lowest BCUT2D eigenvalue weighted by Gasteiger charge is -2.41. The number of aromatic nitrogens is 1. The van der Waals surface area contributed by atoms with Gasteiger partial charge in [0.25, 0.3) is 0 Å². The van der Waals surface area contributed by atoms with Crippen molar-refractivity contribution >= 4 is 63.7 Å². The predicted molar refractivity (Wildman–Crippen MR) is 225 cm³/mol. The van der Waals surface area contributed by atoms with Gasteiger partial charge < -0.3 is 43.2 Å². The van der Waals surface area contributed by atoms with Gasteiger partial charge in [-0.15, -0.1) is 0 Å². The first-order chi connectivity index (χ1) is 29.7. The Balaban J connectivity index is 0.900. The first kappa shape index (κ1) is 43.7. The molecule has 15 nitrogen and oxygen atoms in total. The van der Waals surface area contributed by atoms with Crippen LogP contribution in [0.1, 0.15) is 89.8 Å². The molecule has 326 valence electrons. The van der Waals surface area contributed by atoms with E-state index in [1.807, 2.05) is 13.0 Å². The Hall–Kier alpha value is -6.42. The highest BCUT2D eigenvalue weighted by molar-refractivity contribution is 6.30. The molecule has 3 aromatic carbocycles. The SMILES string of the molecule is COc1ccc2c(c1)C(CC(=O)OCCCC(=O)OCOC(=O)N1CCN(c3c(C(=O)O)c(=O)c4cc(F)cc(OC)c4n3C3CC3)CC1C)=C(C)C2C(=O)c1ccc(Cl)cc1. The molecule has 4 aromatic rings. The molecule has 2 aliphatic carbocycles. The fraction of sp³-hybridized carbons (Fsp3) is 0.378. The number of ether oxygens (including phenoxy) is 5. The lowest BCUT2D eigenvalue weighted by atomic mass is 9.88. The smallest absolute Gasteiger partial charge is 0.413 e. The van der Waals surface area contributed by atoms with Crippen molar-refractivity contribution in [1.29, 1.82) is 0 Å². The third kappa shape index (κ3) is 8.82. The Labute approximate surface area is 360 Å². The van der Waals surface area contributed by atoms with Crippen molar-refractivity contribution in [2.45, 2.75) is 64.0 Å². The highest BCUT2D eigenvalue weighted by Crippen LogP contribution is 2.47. The predicted octanol–water partition coefficient (Wildman–Crippen LogP) is 7.16. The minimum absolute atomic E-state index is 0.0843. The van der Waals surface area contributed by atoms with Crippen molar-refractivity contribution in [2.75, 3.05) is 52.2 Å². The zero-order valence-electron chi connectivity index (χ0n) is 34.5. The second kappa shape index (κ2) is 18.3. The number of ketones is 1. The number of pyridine rings is 1. The normalized spacial score (nSPS) is 17.1. The van der Waals surface area contributed by atoms with Gasteiger partial charge in [-0.3, -0.25) is 19.2 Å². The quantitative estimate of drug-likeness (QED) is 0.0551. The third-order valence-corrected chi connectivity index (χ3v) is 11.7. The molecule has 0 spiro atoms. The van der Waals surface area contributed by atoms with Crippen molar-refractivity contribution in [3.63, 3.8) is 0 Å². The van der Waals surface area contributed by atoms with Crippen molar-refractivity contribution < 1.29 is 57.2 Å². The number of Topliss-reactive ketones (excluding diaryl/α,β-unsaturated/α-hetero) is 1. The Bertz CT molecular complexity index is 2550. The second-order valence-corrected chi connectivity index (χ2v) is 15.8. The standard InChI is InChI=1S/C45H45ClFN3O12/c1-24-22-48(43-39(44(55)56)42(54)34-18-28(47)19-35(59-4)40(34)50(43)29-11-12-29)15-16-49(24)45(57)62-23-61-36(51)6-5-17-60-37(52)21-32-25(2)38(31-14-13-30(58-3)20-33(31)32)41(53)26-7-9-27(46)10-8-26/h7-10,13-14,18-20,24,29,38H,5-6,11-12,15-17,21-23H2,1-4H3,(H,55,56). The van der Waals surface area contributed by atoms with Crippen LogP contribution < -0.4 is 19.8 Å². The summed E-state index contributed by atoms with van der Waals surface area (Å²) in [6, 6.07) is 13.5. The van der Waals surface area contributed by atoms with E-state index in [0.717, 1.165) is 41.7 Å². The maximum absolute atomic E-state index is 14.5. The number of rotatable bonds is 15. The maximum atomic E-state index is 14.5. The van der Waals surface area contributed by atoms with Gasteiger partial charge in [-0.25, -0.2) is 14.0 Å². The molecular formula is C45H45ClFN3O12. The van der Waals surface area contributed by atoms with Crippen molar-refractivity contribution in [1.82, 2.24) is 9.47 Å². The molecule has 1 aliphatic heterocycles. The second-order valence-electron chi connectivity index (χ2n) is 15.4. The summed E-state index contributed by atoms with van der Waals surface area (Å²) in [4.78, 5) is 81.6. The van der Waals surface area contributed by atoms with Crippen LogP contribution in [0.25, 0.3) is 16.5 Å². The van der Waals surface area contributed by atoms with Crippen LogP contribution in [0.5, 0.6) is 11.5 Å². The number of amides is 1. The van der Waals surface area contributed by atoms with Gasteiger partial charge >= 0.3 is 24.0 Å². The molecule has 1 saturated carbocycles. The van der Waals surface area contributed by atoms with Crippen LogP contribution in [0.2, 0.25) is 5.02 Å². The molecule has 2 fully saturated rings. The molecule has 0 radical (unpaired) electrons. The Morgan fingerprint density at radius 1 is 0.919 bits per heavy atom. The highest BCUT2D eigenvalue weighted by Gasteiger charge is 2.39. The number of esters is 2. The van der Waals surface area contributed by atoms with Gasteiger partial charge in [0.2, 0.25) is 12.2 Å². The molecule has 1 amide bonds. The molecule has 0 bridgehead atoms. The third-order valence-electron chi connectivity index (χ3n) is 11.4. The minimum atomic E-state index is -1.46. The van der Waals surface area contributed by atoms with Crippen LogP contribution in [0.3, 0.4) is 0 Å². The zero-order chi connectivity index (χ0) is 44.4. The van der Waals surface area contributed by atoms with Gasteiger partial charge in [-0.2, -0.15) is 0 Å². The van der Waals surface area contributed by atoms with Gasteiger partial charge in [0.15, 0.2) is 5.78 Å². The molecule has 1 saturated heterocycles. The van der Waals surface area contributed by atoms with Gasteiger partial charge in [-0.1, -0.05) is 23.2 Å². The highest BCUT2D eigenvalue weighted by atomic mass is 35.5. The monoisotopic (exact) mass is 873 g/mol. The van der Waals surface area contributed by atoms with Crippen LogP contribution >= 0.6 is 11.6 Å². The van der Waals surface area contributed by atoms with E-state index in [2.05, 4.69) is 0 Å². The summed E-state index contributed by atoms with van der Waals surface area (Å²) in [7, 11) is 2.88. The van der Waals surface area contributed by atoms with E-state index >= 15 is 0 Å². The molecule has 7 rings (SSSR count). The first-order valence-corrected chi connectivity index (χ1v) is 20.5. The summed E-state index contributed by atoms with van der Waals surface area (Å²) in [6.45, 7) is 3.16. The van der Waals surface area contributed by atoms with E-state index in [1.54, 1.807) is 52.8 Å². The summed E-state index contributed by atoms with van der Waals surface area (Å²) in [5.41, 5.74) is 2.31. The molecule has 2 heterocycles. The Kier molecular flexibility index (Phi) is 12.9. The van der Waals surface area contributed by atoms with Gasteiger partial charge in [-0.05, 0) is 92.3 Å². The van der Waals surface area contributed by atoms with Crippen LogP contribution in [-0.2, 0) is 23.8 Å². The van der Waals surface area contributed by atoms with E-state index in [1.165, 1.54) is 19.1 Å². The number of aromatic carboxylic acids is 1. The average molecular weight is 874 g/mol. The molecule has 17 heteroatoms. The lowest BCUT2D eigenvalue weighted by molar-refractivity contribution is -0.154. The van der Waals surface area contributed by atoms with Gasteiger partial charge in [0, 0.05) is 54.8 Å². The largest absolute Gasteiger partial charge is 0.497 e. The molecular weight excluding hydrogens is 829 g/mol. The number of carboxylic acids is 1. The average Bonchev–Trinajstić information content (AvgIpc) is 4.06. The first-order valence-electron chi connectivity index (χ1n) is 20.1. The Morgan fingerprint density at radius 3 is 2.32 bits per heavy atom. The van der Waals surface area contributed by atoms with E-state index in [9.17, 15) is 38.3 Å². The number of carbonyl (C=O) groups is 5. The van der Waals surface area contributed by atoms with E-state index < -0.39 is 59.6 Å². The lowest BCUT2D eigenvalue weighted by Crippen LogP contribution is -2.55. The van der Waals surface area contributed by atoms with Crippen LogP contribution in [0, 0.1) is 5.82 Å². The number of methoxy groups -OCH3 is 2. The van der Waals surface area contributed by atoms with Gasteiger partial charge in [0.1, 0.15) is 28.7 Å². The molecule has 2 atom stereocenters. The number of allylic oxidation sites excluding steroid dienone is 1. The van der Waals surface area contributed by atoms with Crippen LogP contribution in [-0.4, -0.2) is 97.7 Å². The molecule has 3 aliphatic rings. The summed E-state index contributed by atoms with van der Waals surface area (Å²) in [5, 5.41) is 10.6. The summed E-state index contributed by atoms with van der Waals surface area (Å²) in [5.74, 6) is -3.32. The van der Waals surface area contributed by atoms with Crippen molar-refractivity contribution in [2.24, 2.45) is 0 Å². The topological polar surface area (TPSA) is 180 Å². The fourth-order valence-electron chi connectivity index (χ4n) is 8.27. The molecule has 1 N–H and O–H groups in total.